The molecule has 0 unspecified atom stereocenters. The normalized spacial score (nSPS) is 10.4. The van der Waals surface area contributed by atoms with E-state index < -0.39 is 4.92 Å². The Balaban J connectivity index is 1.96. The van der Waals surface area contributed by atoms with Crippen LogP contribution < -0.4 is 10.1 Å². The highest BCUT2D eigenvalue weighted by Gasteiger charge is 2.16. The molecule has 2 aromatic carbocycles. The van der Waals surface area contributed by atoms with Gasteiger partial charge in [0.25, 0.3) is 11.6 Å². The molecular formula is C17H13N3O4. The summed E-state index contributed by atoms with van der Waals surface area (Å²) in [7, 11) is 1.55. The van der Waals surface area contributed by atoms with Crippen LogP contribution in [-0.4, -0.2) is 22.9 Å². The number of amides is 1. The maximum atomic E-state index is 12.4. The minimum absolute atomic E-state index is 0.104. The van der Waals surface area contributed by atoms with Gasteiger partial charge in [0.05, 0.1) is 17.7 Å². The first-order valence-corrected chi connectivity index (χ1v) is 7.07. The molecule has 0 radical (unpaired) electrons. The Morgan fingerprint density at radius 2 is 1.92 bits per heavy atom. The number of nitrogens with one attached hydrogen (secondary N) is 1. The van der Waals surface area contributed by atoms with Crippen molar-refractivity contribution in [2.24, 2.45) is 0 Å². The summed E-state index contributed by atoms with van der Waals surface area (Å²) in [6.07, 6.45) is 1.48. The fourth-order valence-electron chi connectivity index (χ4n) is 2.35. The highest BCUT2D eigenvalue weighted by Crippen LogP contribution is 2.30. The molecular weight excluding hydrogens is 310 g/mol. The lowest BCUT2D eigenvalue weighted by molar-refractivity contribution is -0.383. The Labute approximate surface area is 137 Å². The van der Waals surface area contributed by atoms with E-state index in [0.717, 1.165) is 0 Å². The molecule has 0 saturated carbocycles. The Kier molecular flexibility index (Phi) is 4.07. The van der Waals surface area contributed by atoms with Crippen LogP contribution in [0.25, 0.3) is 10.9 Å². The van der Waals surface area contributed by atoms with Crippen LogP contribution >= 0.6 is 0 Å². The number of non-ortho nitro benzene ring substituents is 1. The quantitative estimate of drug-likeness (QED) is 0.586. The summed E-state index contributed by atoms with van der Waals surface area (Å²) in [5, 5.41) is 14.4. The monoisotopic (exact) mass is 323 g/mol. The smallest absolute Gasteiger partial charge is 0.295 e. The second kappa shape index (κ2) is 6.33. The Hall–Kier alpha value is -3.48. The zero-order valence-electron chi connectivity index (χ0n) is 12.7. The molecule has 7 heteroatoms. The van der Waals surface area contributed by atoms with Gasteiger partial charge in [0.15, 0.2) is 0 Å². The van der Waals surface area contributed by atoms with Crippen molar-refractivity contribution in [2.75, 3.05) is 12.4 Å². The molecule has 3 aromatic rings. The predicted octanol–water partition coefficient (Wildman–Crippen LogP) is 3.40. The van der Waals surface area contributed by atoms with Crippen LogP contribution in [0.1, 0.15) is 10.4 Å². The molecule has 0 bridgehead atoms. The van der Waals surface area contributed by atoms with Crippen molar-refractivity contribution in [2.45, 2.75) is 0 Å². The van der Waals surface area contributed by atoms with E-state index in [9.17, 15) is 14.9 Å². The summed E-state index contributed by atoms with van der Waals surface area (Å²) < 4.78 is 5.06. The van der Waals surface area contributed by atoms with Crippen molar-refractivity contribution in [3.8, 4) is 5.75 Å². The summed E-state index contributed by atoms with van der Waals surface area (Å²) in [4.78, 5) is 27.0. The van der Waals surface area contributed by atoms with Crippen molar-refractivity contribution in [1.29, 1.82) is 0 Å². The minimum atomic E-state index is -0.496. The summed E-state index contributed by atoms with van der Waals surface area (Å²) in [6, 6.07) is 12.8. The topological polar surface area (TPSA) is 94.4 Å². The number of pyridine rings is 1. The molecule has 7 nitrogen and oxygen atoms in total. The number of carbonyl (C=O) groups is 1. The molecule has 0 saturated heterocycles. The van der Waals surface area contributed by atoms with Gasteiger partial charge in [-0.25, -0.2) is 4.98 Å². The first-order valence-electron chi connectivity index (χ1n) is 7.07. The first-order chi connectivity index (χ1) is 11.6. The molecule has 120 valence electrons. The highest BCUT2D eigenvalue weighted by molar-refractivity contribution is 6.09. The van der Waals surface area contributed by atoms with Crippen molar-refractivity contribution in [3.05, 3.63) is 70.4 Å². The summed E-state index contributed by atoms with van der Waals surface area (Å²) in [5.74, 6) is 0.327. The first kappa shape index (κ1) is 15.4. The molecule has 0 aliphatic rings. The number of rotatable bonds is 4. The van der Waals surface area contributed by atoms with Crippen LogP contribution in [0.2, 0.25) is 0 Å². The summed E-state index contributed by atoms with van der Waals surface area (Å²) in [5.41, 5.74) is 1.04. The number of fused-ring (bicyclic) bond motifs is 1. The lowest BCUT2D eigenvalue weighted by Crippen LogP contribution is -2.12. The molecule has 0 fully saturated rings. The number of anilines is 1. The van der Waals surface area contributed by atoms with Crippen LogP contribution in [0, 0.1) is 10.1 Å². The summed E-state index contributed by atoms with van der Waals surface area (Å²) in [6.45, 7) is 0. The number of hydrogen-bond acceptors (Lipinski definition) is 5. The third-order valence-corrected chi connectivity index (χ3v) is 3.55. The molecule has 3 rings (SSSR count). The van der Waals surface area contributed by atoms with Crippen molar-refractivity contribution in [3.63, 3.8) is 0 Å². The molecule has 0 spiro atoms. The number of methoxy groups -OCH3 is 1. The predicted molar refractivity (Wildman–Crippen MR) is 89.3 cm³/mol. The molecule has 0 atom stereocenters. The van der Waals surface area contributed by atoms with Crippen LogP contribution in [0.4, 0.5) is 11.4 Å². The van der Waals surface area contributed by atoms with Gasteiger partial charge in [0.1, 0.15) is 11.3 Å². The average molecular weight is 323 g/mol. The third-order valence-electron chi connectivity index (χ3n) is 3.55. The molecule has 1 heterocycles. The van der Waals surface area contributed by atoms with E-state index >= 15 is 0 Å². The Bertz CT molecular complexity index is 923. The molecule has 0 aliphatic carbocycles. The van der Waals surface area contributed by atoms with Gasteiger partial charge in [-0.05, 0) is 42.5 Å². The Morgan fingerprint density at radius 1 is 1.17 bits per heavy atom. The van der Waals surface area contributed by atoms with Crippen molar-refractivity contribution in [1.82, 2.24) is 4.98 Å². The van der Waals surface area contributed by atoms with Crippen LogP contribution in [0.5, 0.6) is 5.75 Å². The Morgan fingerprint density at radius 3 is 2.58 bits per heavy atom. The van der Waals surface area contributed by atoms with Crippen molar-refractivity contribution >= 4 is 28.2 Å². The maximum Gasteiger partial charge on any atom is 0.295 e. The van der Waals surface area contributed by atoms with Gasteiger partial charge in [0.2, 0.25) is 0 Å². The molecule has 1 amide bonds. The fourth-order valence-corrected chi connectivity index (χ4v) is 2.35. The second-order valence-corrected chi connectivity index (χ2v) is 4.97. The lowest BCUT2D eigenvalue weighted by atomic mass is 10.1. The van der Waals surface area contributed by atoms with E-state index in [2.05, 4.69) is 10.3 Å². The van der Waals surface area contributed by atoms with Crippen LogP contribution in [-0.2, 0) is 0 Å². The van der Waals surface area contributed by atoms with Crippen LogP contribution in [0.3, 0.4) is 0 Å². The number of aromatic nitrogens is 1. The third kappa shape index (κ3) is 2.87. The molecule has 1 N–H and O–H groups in total. The number of hydrogen-bond donors (Lipinski definition) is 1. The number of benzene rings is 2. The van der Waals surface area contributed by atoms with Gasteiger partial charge >= 0.3 is 0 Å². The largest absolute Gasteiger partial charge is 0.497 e. The molecule has 24 heavy (non-hydrogen) atoms. The van der Waals surface area contributed by atoms with E-state index in [1.54, 1.807) is 43.5 Å². The minimum Gasteiger partial charge on any atom is -0.497 e. The van der Waals surface area contributed by atoms with Gasteiger partial charge in [-0.1, -0.05) is 0 Å². The van der Waals surface area contributed by atoms with Gasteiger partial charge < -0.3 is 10.1 Å². The van der Waals surface area contributed by atoms with E-state index in [-0.39, 0.29) is 17.1 Å². The lowest BCUT2D eigenvalue weighted by Gasteiger charge is -2.09. The summed E-state index contributed by atoms with van der Waals surface area (Å²) >= 11 is 0. The van der Waals surface area contributed by atoms with Gasteiger partial charge in [0, 0.05) is 23.2 Å². The average Bonchev–Trinajstić information content (AvgIpc) is 2.61. The number of nitro groups is 1. The van der Waals surface area contributed by atoms with E-state index in [1.165, 1.54) is 18.3 Å². The van der Waals surface area contributed by atoms with E-state index in [1.807, 2.05) is 0 Å². The number of nitro benzene ring substituents is 1. The molecule has 0 aliphatic heterocycles. The van der Waals surface area contributed by atoms with Gasteiger partial charge in [-0.3, -0.25) is 14.9 Å². The van der Waals surface area contributed by atoms with Gasteiger partial charge in [-0.15, -0.1) is 0 Å². The van der Waals surface area contributed by atoms with E-state index in [4.69, 9.17) is 4.74 Å². The SMILES string of the molecule is COc1ccc(C(=O)Nc2ccc([N+](=O)[O-])c3ncccc23)cc1. The zero-order valence-corrected chi connectivity index (χ0v) is 12.7. The fraction of sp³-hybridized carbons (Fsp3) is 0.0588. The van der Waals surface area contributed by atoms with Gasteiger partial charge in [-0.2, -0.15) is 0 Å². The van der Waals surface area contributed by atoms with Crippen molar-refractivity contribution < 1.29 is 14.5 Å². The number of carbonyl (C=O) groups excluding carboxylic acids is 1. The number of nitrogens with zero attached hydrogens (tertiary/aromatic N) is 2. The molecule has 1 aromatic heterocycles. The highest BCUT2D eigenvalue weighted by atomic mass is 16.6. The standard InChI is InChI=1S/C17H13N3O4/c1-24-12-6-4-11(5-7-12)17(21)19-14-8-9-15(20(22)23)16-13(14)3-2-10-18-16/h2-10H,1H3,(H,19,21). The maximum absolute atomic E-state index is 12.4. The zero-order chi connectivity index (χ0) is 17.1. The van der Waals surface area contributed by atoms with E-state index in [0.29, 0.717) is 22.4 Å². The van der Waals surface area contributed by atoms with Crippen LogP contribution in [0.15, 0.2) is 54.7 Å². The second-order valence-electron chi connectivity index (χ2n) is 4.97. The number of ether oxygens (including phenoxy) is 1.